The molecule has 6 heteroatoms. The maximum atomic E-state index is 10.7. The minimum Gasteiger partial charge on any atom is -0.367 e. The summed E-state index contributed by atoms with van der Waals surface area (Å²) in [5.74, 6) is 0.156. The van der Waals surface area contributed by atoms with Gasteiger partial charge in [0.1, 0.15) is 0 Å². The largest absolute Gasteiger partial charge is 0.367 e. The molecule has 1 N–H and O–H groups in total. The molecule has 0 bridgehead atoms. The number of hydrogen-bond donors (Lipinski definition) is 1. The minimum absolute atomic E-state index is 0.0909. The lowest BCUT2D eigenvalue weighted by molar-refractivity contribution is -0.386. The molecule has 2 aromatic heterocycles. The second-order valence-corrected chi connectivity index (χ2v) is 3.22. The van der Waals surface area contributed by atoms with E-state index in [1.54, 1.807) is 18.5 Å². The zero-order valence-corrected chi connectivity index (χ0v) is 8.51. The number of nitrogens with zero attached hydrogens (tertiary/aromatic N) is 2. The van der Waals surface area contributed by atoms with E-state index in [-0.39, 0.29) is 17.1 Å². The highest BCUT2D eigenvalue weighted by molar-refractivity contribution is 5.71. The standard InChI is InChI=1S/C10H9N3O3/c1-7-10(13(14)15)9(16-12-7)3-2-8-4-5-11-6-8/h2-6,11H,1H3. The van der Waals surface area contributed by atoms with E-state index in [2.05, 4.69) is 10.1 Å². The Morgan fingerprint density at radius 1 is 1.56 bits per heavy atom. The van der Waals surface area contributed by atoms with Crippen LogP contribution in [0.5, 0.6) is 0 Å². The van der Waals surface area contributed by atoms with E-state index in [9.17, 15) is 10.1 Å². The predicted molar refractivity (Wildman–Crippen MR) is 57.6 cm³/mol. The number of H-pyrrole nitrogens is 1. The fourth-order valence-corrected chi connectivity index (χ4v) is 1.33. The Hall–Kier alpha value is -2.37. The normalized spacial score (nSPS) is 11.1. The molecule has 0 aliphatic rings. The van der Waals surface area contributed by atoms with Gasteiger partial charge in [-0.3, -0.25) is 10.1 Å². The average Bonchev–Trinajstić information content (AvgIpc) is 2.83. The Morgan fingerprint density at radius 3 is 3.00 bits per heavy atom. The Labute approximate surface area is 90.7 Å². The Morgan fingerprint density at radius 2 is 2.38 bits per heavy atom. The monoisotopic (exact) mass is 219 g/mol. The molecule has 0 spiro atoms. The zero-order valence-electron chi connectivity index (χ0n) is 8.51. The van der Waals surface area contributed by atoms with Gasteiger partial charge in [0.15, 0.2) is 5.69 Å². The van der Waals surface area contributed by atoms with E-state index in [1.807, 2.05) is 6.07 Å². The summed E-state index contributed by atoms with van der Waals surface area (Å²) in [6.07, 6.45) is 6.77. The summed E-state index contributed by atoms with van der Waals surface area (Å²) in [5, 5.41) is 14.3. The minimum atomic E-state index is -0.497. The number of nitro groups is 1. The lowest BCUT2D eigenvalue weighted by atomic mass is 10.2. The SMILES string of the molecule is Cc1noc(C=Cc2cc[nH]c2)c1[N+](=O)[O-]. The summed E-state index contributed by atoms with van der Waals surface area (Å²) < 4.78 is 4.87. The second kappa shape index (κ2) is 4.01. The van der Waals surface area contributed by atoms with Crippen molar-refractivity contribution in [3.05, 3.63) is 45.6 Å². The van der Waals surface area contributed by atoms with Crippen LogP contribution in [0.25, 0.3) is 12.2 Å². The van der Waals surface area contributed by atoms with Gasteiger partial charge in [0.2, 0.25) is 5.76 Å². The quantitative estimate of drug-likeness (QED) is 0.634. The van der Waals surface area contributed by atoms with E-state index in [4.69, 9.17) is 4.52 Å². The van der Waals surface area contributed by atoms with Gasteiger partial charge in [-0.25, -0.2) is 0 Å². The van der Waals surface area contributed by atoms with Crippen LogP contribution in [-0.2, 0) is 0 Å². The molecule has 0 aromatic carbocycles. The van der Waals surface area contributed by atoms with Crippen LogP contribution in [0.15, 0.2) is 23.0 Å². The molecule has 16 heavy (non-hydrogen) atoms. The average molecular weight is 219 g/mol. The molecule has 0 unspecified atom stereocenters. The number of rotatable bonds is 3. The van der Waals surface area contributed by atoms with Crippen molar-refractivity contribution in [2.45, 2.75) is 6.92 Å². The van der Waals surface area contributed by atoms with E-state index in [0.717, 1.165) is 5.56 Å². The van der Waals surface area contributed by atoms with Crippen LogP contribution in [-0.4, -0.2) is 15.1 Å². The van der Waals surface area contributed by atoms with Gasteiger partial charge in [0.25, 0.3) is 0 Å². The molecule has 0 radical (unpaired) electrons. The molecule has 0 atom stereocenters. The lowest BCUT2D eigenvalue weighted by Crippen LogP contribution is -1.89. The molecule has 2 rings (SSSR count). The van der Waals surface area contributed by atoms with Gasteiger partial charge in [-0.05, 0) is 30.7 Å². The van der Waals surface area contributed by atoms with Gasteiger partial charge < -0.3 is 9.51 Å². The highest BCUT2D eigenvalue weighted by Crippen LogP contribution is 2.24. The van der Waals surface area contributed by atoms with Gasteiger partial charge in [-0.2, -0.15) is 0 Å². The summed E-state index contributed by atoms with van der Waals surface area (Å²) in [7, 11) is 0. The Kier molecular flexibility index (Phi) is 2.55. The number of aryl methyl sites for hydroxylation is 1. The van der Waals surface area contributed by atoms with E-state index in [0.29, 0.717) is 0 Å². The van der Waals surface area contributed by atoms with Crippen LogP contribution in [0.1, 0.15) is 17.0 Å². The van der Waals surface area contributed by atoms with Crippen molar-refractivity contribution in [2.24, 2.45) is 0 Å². The van der Waals surface area contributed by atoms with Crippen molar-refractivity contribution in [3.63, 3.8) is 0 Å². The van der Waals surface area contributed by atoms with E-state index in [1.165, 1.54) is 13.0 Å². The molecule has 6 nitrogen and oxygen atoms in total. The number of nitrogens with one attached hydrogen (secondary N) is 1. The maximum absolute atomic E-state index is 10.7. The van der Waals surface area contributed by atoms with Gasteiger partial charge >= 0.3 is 5.69 Å². The molecule has 0 amide bonds. The van der Waals surface area contributed by atoms with Crippen molar-refractivity contribution >= 4 is 17.8 Å². The highest BCUT2D eigenvalue weighted by atomic mass is 16.6. The summed E-state index contributed by atoms with van der Waals surface area (Å²) in [5.41, 5.74) is 1.09. The van der Waals surface area contributed by atoms with E-state index < -0.39 is 4.92 Å². The molecule has 0 saturated carbocycles. The predicted octanol–water partition coefficient (Wildman–Crippen LogP) is 2.39. The first-order valence-electron chi connectivity index (χ1n) is 4.60. The zero-order chi connectivity index (χ0) is 11.5. The third-order valence-electron chi connectivity index (χ3n) is 2.09. The molecular formula is C10H9N3O3. The molecule has 0 aliphatic carbocycles. The van der Waals surface area contributed by atoms with Crippen LogP contribution in [0.3, 0.4) is 0 Å². The number of aromatic amines is 1. The molecule has 0 saturated heterocycles. The van der Waals surface area contributed by atoms with Crippen molar-refractivity contribution in [1.82, 2.24) is 10.1 Å². The molecule has 2 aromatic rings. The van der Waals surface area contributed by atoms with Crippen LogP contribution in [0.4, 0.5) is 5.69 Å². The Balaban J connectivity index is 2.32. The first kappa shape index (κ1) is 10.2. The van der Waals surface area contributed by atoms with Gasteiger partial charge in [-0.1, -0.05) is 5.16 Å². The summed E-state index contributed by atoms with van der Waals surface area (Å²) in [6, 6.07) is 1.84. The maximum Gasteiger partial charge on any atom is 0.338 e. The topological polar surface area (TPSA) is 85.0 Å². The van der Waals surface area contributed by atoms with Crippen molar-refractivity contribution in [2.75, 3.05) is 0 Å². The number of hydrogen-bond acceptors (Lipinski definition) is 4. The van der Waals surface area contributed by atoms with Gasteiger partial charge in [0.05, 0.1) is 4.92 Å². The van der Waals surface area contributed by atoms with Crippen LogP contribution in [0.2, 0.25) is 0 Å². The van der Waals surface area contributed by atoms with Gasteiger partial charge in [0, 0.05) is 12.4 Å². The first-order valence-corrected chi connectivity index (χ1v) is 4.60. The van der Waals surface area contributed by atoms with Gasteiger partial charge in [-0.15, -0.1) is 0 Å². The van der Waals surface area contributed by atoms with E-state index >= 15 is 0 Å². The van der Waals surface area contributed by atoms with Crippen LogP contribution in [0, 0.1) is 17.0 Å². The summed E-state index contributed by atoms with van der Waals surface area (Å²) in [6.45, 7) is 1.54. The number of aromatic nitrogens is 2. The van der Waals surface area contributed by atoms with Crippen molar-refractivity contribution in [1.29, 1.82) is 0 Å². The summed E-state index contributed by atoms with van der Waals surface area (Å²) >= 11 is 0. The molecule has 2 heterocycles. The smallest absolute Gasteiger partial charge is 0.338 e. The lowest BCUT2D eigenvalue weighted by Gasteiger charge is -1.87. The molecular weight excluding hydrogens is 210 g/mol. The van der Waals surface area contributed by atoms with Crippen molar-refractivity contribution in [3.8, 4) is 0 Å². The third-order valence-corrected chi connectivity index (χ3v) is 2.09. The fraction of sp³-hybridized carbons (Fsp3) is 0.100. The second-order valence-electron chi connectivity index (χ2n) is 3.22. The molecule has 82 valence electrons. The molecule has 0 fully saturated rings. The van der Waals surface area contributed by atoms with Crippen LogP contribution < -0.4 is 0 Å². The van der Waals surface area contributed by atoms with Crippen molar-refractivity contribution < 1.29 is 9.45 Å². The third kappa shape index (κ3) is 1.85. The summed E-state index contributed by atoms with van der Waals surface area (Å²) in [4.78, 5) is 13.1. The van der Waals surface area contributed by atoms with Crippen LogP contribution >= 0.6 is 0 Å². The fourth-order valence-electron chi connectivity index (χ4n) is 1.33. The highest BCUT2D eigenvalue weighted by Gasteiger charge is 2.21. The molecule has 0 aliphatic heterocycles. The Bertz CT molecular complexity index is 526. The first-order chi connectivity index (χ1) is 7.68.